The van der Waals surface area contributed by atoms with E-state index in [4.69, 9.17) is 15.2 Å². The second kappa shape index (κ2) is 8.20. The molecule has 0 amide bonds. The number of unbranched alkanes of at least 4 members (excludes halogenated alkanes) is 1. The van der Waals surface area contributed by atoms with Crippen molar-refractivity contribution in [3.05, 3.63) is 23.8 Å². The van der Waals surface area contributed by atoms with Crippen LogP contribution >= 0.6 is 12.4 Å². The van der Waals surface area contributed by atoms with Gasteiger partial charge in [0.15, 0.2) is 0 Å². The molecule has 0 heterocycles. The van der Waals surface area contributed by atoms with Crippen molar-refractivity contribution >= 4 is 12.4 Å². The van der Waals surface area contributed by atoms with Gasteiger partial charge in [-0.15, -0.1) is 12.4 Å². The van der Waals surface area contributed by atoms with Crippen LogP contribution in [0.4, 0.5) is 0 Å². The molecule has 4 heteroatoms. The molecule has 0 aliphatic heterocycles. The van der Waals surface area contributed by atoms with Crippen LogP contribution < -0.4 is 15.2 Å². The summed E-state index contributed by atoms with van der Waals surface area (Å²) in [6, 6.07) is 5.73. The molecule has 0 aromatic heterocycles. The molecule has 0 saturated heterocycles. The SMILES string of the molecule is CCCC[C@H](N)c1c(OC)cccc1OC.Cl. The highest BCUT2D eigenvalue weighted by Gasteiger charge is 2.16. The number of ether oxygens (including phenoxy) is 2. The van der Waals surface area contributed by atoms with E-state index >= 15 is 0 Å². The van der Waals surface area contributed by atoms with Crippen LogP contribution in [0, 0.1) is 0 Å². The predicted octanol–water partition coefficient (Wildman–Crippen LogP) is 3.32. The van der Waals surface area contributed by atoms with Gasteiger partial charge in [0.2, 0.25) is 0 Å². The lowest BCUT2D eigenvalue weighted by molar-refractivity contribution is 0.376. The molecule has 0 radical (unpaired) electrons. The van der Waals surface area contributed by atoms with Gasteiger partial charge in [-0.1, -0.05) is 25.8 Å². The summed E-state index contributed by atoms with van der Waals surface area (Å²) in [5.41, 5.74) is 7.15. The lowest BCUT2D eigenvalue weighted by Gasteiger charge is -2.18. The zero-order chi connectivity index (χ0) is 12.0. The number of nitrogens with two attached hydrogens (primary N) is 1. The average Bonchev–Trinajstić information content (AvgIpc) is 2.34. The van der Waals surface area contributed by atoms with Gasteiger partial charge in [0, 0.05) is 6.04 Å². The number of benzene rings is 1. The van der Waals surface area contributed by atoms with Gasteiger partial charge in [-0.2, -0.15) is 0 Å². The molecule has 0 bridgehead atoms. The average molecular weight is 260 g/mol. The number of hydrogen-bond acceptors (Lipinski definition) is 3. The Morgan fingerprint density at radius 3 is 2.12 bits per heavy atom. The van der Waals surface area contributed by atoms with Crippen molar-refractivity contribution in [1.29, 1.82) is 0 Å². The molecule has 2 N–H and O–H groups in total. The van der Waals surface area contributed by atoms with Crippen LogP contribution in [0.3, 0.4) is 0 Å². The van der Waals surface area contributed by atoms with Crippen molar-refractivity contribution in [3.8, 4) is 11.5 Å². The van der Waals surface area contributed by atoms with Gasteiger partial charge in [0.05, 0.1) is 19.8 Å². The predicted molar refractivity (Wildman–Crippen MR) is 73.2 cm³/mol. The highest BCUT2D eigenvalue weighted by Crippen LogP contribution is 2.34. The van der Waals surface area contributed by atoms with E-state index in [1.165, 1.54) is 0 Å². The summed E-state index contributed by atoms with van der Waals surface area (Å²) in [7, 11) is 3.32. The van der Waals surface area contributed by atoms with Crippen LogP contribution in [0.25, 0.3) is 0 Å². The molecule has 0 saturated carbocycles. The molecule has 3 nitrogen and oxygen atoms in total. The second-order valence-corrected chi connectivity index (χ2v) is 3.82. The smallest absolute Gasteiger partial charge is 0.127 e. The summed E-state index contributed by atoms with van der Waals surface area (Å²) in [5.74, 6) is 1.62. The van der Waals surface area contributed by atoms with E-state index in [0.29, 0.717) is 0 Å². The molecule has 17 heavy (non-hydrogen) atoms. The second-order valence-electron chi connectivity index (χ2n) is 3.82. The monoisotopic (exact) mass is 259 g/mol. The molecule has 0 unspecified atom stereocenters. The summed E-state index contributed by atoms with van der Waals surface area (Å²) in [5, 5.41) is 0. The lowest BCUT2D eigenvalue weighted by Crippen LogP contribution is -2.12. The molecule has 1 aromatic rings. The minimum absolute atomic E-state index is 0. The van der Waals surface area contributed by atoms with E-state index in [-0.39, 0.29) is 18.4 Å². The van der Waals surface area contributed by atoms with Gasteiger partial charge in [0.25, 0.3) is 0 Å². The summed E-state index contributed by atoms with van der Waals surface area (Å²) in [6.45, 7) is 2.16. The van der Waals surface area contributed by atoms with Gasteiger partial charge in [0.1, 0.15) is 11.5 Å². The molecular formula is C13H22ClNO2. The quantitative estimate of drug-likeness (QED) is 0.852. The standard InChI is InChI=1S/C13H21NO2.ClH/c1-4-5-7-10(14)13-11(15-2)8-6-9-12(13)16-3;/h6,8-10H,4-5,7,14H2,1-3H3;1H/t10-;/m0./s1. The topological polar surface area (TPSA) is 44.5 Å². The van der Waals surface area contributed by atoms with Crippen molar-refractivity contribution in [2.45, 2.75) is 32.2 Å². The maximum atomic E-state index is 6.17. The maximum Gasteiger partial charge on any atom is 0.127 e. The van der Waals surface area contributed by atoms with Crippen LogP contribution in [0.15, 0.2) is 18.2 Å². The fraction of sp³-hybridized carbons (Fsp3) is 0.538. The molecule has 1 aromatic carbocycles. The van der Waals surface area contributed by atoms with Crippen LogP contribution in [-0.4, -0.2) is 14.2 Å². The van der Waals surface area contributed by atoms with Crippen molar-refractivity contribution in [2.24, 2.45) is 5.73 Å². The first-order valence-electron chi connectivity index (χ1n) is 5.71. The Morgan fingerprint density at radius 2 is 1.71 bits per heavy atom. The van der Waals surface area contributed by atoms with Crippen molar-refractivity contribution in [2.75, 3.05) is 14.2 Å². The van der Waals surface area contributed by atoms with E-state index in [9.17, 15) is 0 Å². The van der Waals surface area contributed by atoms with E-state index < -0.39 is 0 Å². The maximum absolute atomic E-state index is 6.17. The van der Waals surface area contributed by atoms with Gasteiger partial charge in [-0.25, -0.2) is 0 Å². The molecule has 0 spiro atoms. The first-order chi connectivity index (χ1) is 7.74. The first kappa shape index (κ1) is 16.1. The zero-order valence-corrected chi connectivity index (χ0v) is 11.5. The fourth-order valence-electron chi connectivity index (χ4n) is 1.81. The molecule has 1 atom stereocenters. The molecular weight excluding hydrogens is 238 g/mol. The third kappa shape index (κ3) is 4.10. The fourth-order valence-corrected chi connectivity index (χ4v) is 1.81. The van der Waals surface area contributed by atoms with Gasteiger partial charge < -0.3 is 15.2 Å². The Hall–Kier alpha value is -0.930. The van der Waals surface area contributed by atoms with Crippen molar-refractivity contribution in [3.63, 3.8) is 0 Å². The van der Waals surface area contributed by atoms with E-state index in [2.05, 4.69) is 6.92 Å². The summed E-state index contributed by atoms with van der Waals surface area (Å²) < 4.78 is 10.7. The van der Waals surface area contributed by atoms with Crippen LogP contribution in [0.1, 0.15) is 37.8 Å². The normalized spacial score (nSPS) is 11.5. The van der Waals surface area contributed by atoms with E-state index in [1.807, 2.05) is 18.2 Å². The Labute approximate surface area is 110 Å². The van der Waals surface area contributed by atoms with Gasteiger partial charge >= 0.3 is 0 Å². The van der Waals surface area contributed by atoms with Gasteiger partial charge in [-0.3, -0.25) is 0 Å². The van der Waals surface area contributed by atoms with Gasteiger partial charge in [-0.05, 0) is 18.6 Å². The molecule has 98 valence electrons. The molecule has 0 fully saturated rings. The number of halogens is 1. The molecule has 1 rings (SSSR count). The number of hydrogen-bond donors (Lipinski definition) is 1. The number of rotatable bonds is 6. The molecule has 0 aliphatic rings. The van der Waals surface area contributed by atoms with Crippen LogP contribution in [0.2, 0.25) is 0 Å². The third-order valence-corrected chi connectivity index (χ3v) is 2.71. The zero-order valence-electron chi connectivity index (χ0n) is 10.7. The van der Waals surface area contributed by atoms with Crippen LogP contribution in [0.5, 0.6) is 11.5 Å². The lowest BCUT2D eigenvalue weighted by atomic mass is 10.00. The Kier molecular flexibility index (Phi) is 7.75. The van der Waals surface area contributed by atoms with Crippen LogP contribution in [-0.2, 0) is 0 Å². The highest BCUT2D eigenvalue weighted by molar-refractivity contribution is 5.85. The Balaban J connectivity index is 0.00000256. The Morgan fingerprint density at radius 1 is 1.18 bits per heavy atom. The highest BCUT2D eigenvalue weighted by atomic mass is 35.5. The minimum Gasteiger partial charge on any atom is -0.496 e. The third-order valence-electron chi connectivity index (χ3n) is 2.71. The van der Waals surface area contributed by atoms with Crippen molar-refractivity contribution in [1.82, 2.24) is 0 Å². The first-order valence-corrected chi connectivity index (χ1v) is 5.71. The Bertz CT molecular complexity index is 309. The largest absolute Gasteiger partial charge is 0.496 e. The minimum atomic E-state index is -0.0222. The summed E-state index contributed by atoms with van der Waals surface area (Å²) in [4.78, 5) is 0. The van der Waals surface area contributed by atoms with E-state index in [0.717, 1.165) is 36.3 Å². The molecule has 0 aliphatic carbocycles. The van der Waals surface area contributed by atoms with E-state index in [1.54, 1.807) is 14.2 Å². The van der Waals surface area contributed by atoms with Crippen molar-refractivity contribution < 1.29 is 9.47 Å². The summed E-state index contributed by atoms with van der Waals surface area (Å²) in [6.07, 6.45) is 3.21. The summed E-state index contributed by atoms with van der Waals surface area (Å²) >= 11 is 0. The number of methoxy groups -OCH3 is 2.